The molecule has 24 heavy (non-hydrogen) atoms. The topological polar surface area (TPSA) is 68.2 Å². The molecule has 0 aromatic carbocycles. The number of nitrogens with zero attached hydrogens (tertiary/aromatic N) is 2. The first-order valence-corrected chi connectivity index (χ1v) is 8.98. The van der Waals surface area contributed by atoms with E-state index in [1.165, 1.54) is 11.3 Å². The number of aryl methyl sites for hydroxylation is 1. The van der Waals surface area contributed by atoms with E-state index in [1.54, 1.807) is 7.11 Å². The predicted octanol–water partition coefficient (Wildman–Crippen LogP) is 2.90. The Morgan fingerprint density at radius 1 is 1.38 bits per heavy atom. The summed E-state index contributed by atoms with van der Waals surface area (Å²) in [4.78, 5) is 13.1. The average molecular weight is 371 g/mol. The third-order valence-electron chi connectivity index (χ3n) is 3.75. The van der Waals surface area contributed by atoms with E-state index in [1.807, 2.05) is 30.7 Å². The molecule has 2 aromatic heterocycles. The molecule has 6 nitrogen and oxygen atoms in total. The van der Waals surface area contributed by atoms with Crippen LogP contribution in [0.25, 0.3) is 0 Å². The fourth-order valence-electron chi connectivity index (χ4n) is 2.40. The number of carbonyl (C=O) groups excluding carboxylic acids is 1. The summed E-state index contributed by atoms with van der Waals surface area (Å²) in [6, 6.07) is 3.67. The fraction of sp³-hybridized carbons (Fsp3) is 0.500. The Morgan fingerprint density at radius 3 is 2.83 bits per heavy atom. The van der Waals surface area contributed by atoms with Gasteiger partial charge >= 0.3 is 6.03 Å². The predicted molar refractivity (Wildman–Crippen MR) is 96.8 cm³/mol. The van der Waals surface area contributed by atoms with Crippen molar-refractivity contribution in [3.05, 3.63) is 38.3 Å². The van der Waals surface area contributed by atoms with Crippen LogP contribution in [0.1, 0.15) is 21.8 Å². The largest absolute Gasteiger partial charge is 0.383 e. The minimum atomic E-state index is -0.180. The molecule has 0 atom stereocenters. The standard InChI is InChI=1S/C16H23ClN4O2S/c1-11-14(12(2)21(20-11)8-9-23-3)10-19-16(22)18-7-6-13-4-5-15(17)24-13/h4-5H,6-10H2,1-3H3,(H2,18,19,22). The van der Waals surface area contributed by atoms with Gasteiger partial charge in [0, 0.05) is 36.3 Å². The molecule has 0 aliphatic carbocycles. The highest BCUT2D eigenvalue weighted by Gasteiger charge is 2.12. The van der Waals surface area contributed by atoms with Crippen molar-refractivity contribution in [3.63, 3.8) is 0 Å². The van der Waals surface area contributed by atoms with Crippen molar-refractivity contribution in [2.45, 2.75) is 33.4 Å². The van der Waals surface area contributed by atoms with Gasteiger partial charge in [-0.25, -0.2) is 4.79 Å². The van der Waals surface area contributed by atoms with E-state index in [2.05, 4.69) is 15.7 Å². The van der Waals surface area contributed by atoms with Crippen LogP contribution in [0, 0.1) is 13.8 Å². The molecule has 132 valence electrons. The summed E-state index contributed by atoms with van der Waals surface area (Å²) < 4.78 is 7.76. The molecule has 0 aliphatic rings. The van der Waals surface area contributed by atoms with Crippen molar-refractivity contribution >= 4 is 29.0 Å². The number of rotatable bonds is 8. The first-order chi connectivity index (χ1) is 11.5. The van der Waals surface area contributed by atoms with Crippen LogP contribution >= 0.6 is 22.9 Å². The Labute approximate surface area is 151 Å². The van der Waals surface area contributed by atoms with Crippen LogP contribution in [0.3, 0.4) is 0 Å². The monoisotopic (exact) mass is 370 g/mol. The Kier molecular flexibility index (Phi) is 7.08. The molecule has 2 rings (SSSR count). The van der Waals surface area contributed by atoms with Crippen LogP contribution in [0.4, 0.5) is 4.79 Å². The fourth-order valence-corrected chi connectivity index (χ4v) is 3.49. The lowest BCUT2D eigenvalue weighted by Gasteiger charge is -2.08. The molecule has 2 N–H and O–H groups in total. The molecular weight excluding hydrogens is 348 g/mol. The first-order valence-electron chi connectivity index (χ1n) is 7.79. The van der Waals surface area contributed by atoms with Gasteiger partial charge in [0.25, 0.3) is 0 Å². The maximum atomic E-state index is 11.9. The van der Waals surface area contributed by atoms with Gasteiger partial charge in [-0.1, -0.05) is 11.6 Å². The summed E-state index contributed by atoms with van der Waals surface area (Å²) in [5, 5.41) is 10.2. The maximum absolute atomic E-state index is 11.9. The number of carbonyl (C=O) groups is 1. The molecule has 0 aliphatic heterocycles. The average Bonchev–Trinajstić information content (AvgIpc) is 3.07. The van der Waals surface area contributed by atoms with E-state index < -0.39 is 0 Å². The number of hydrogen-bond donors (Lipinski definition) is 2. The number of nitrogens with one attached hydrogen (secondary N) is 2. The second-order valence-electron chi connectivity index (χ2n) is 5.43. The summed E-state index contributed by atoms with van der Waals surface area (Å²) in [6.07, 6.45) is 0.776. The second kappa shape index (κ2) is 9.05. The van der Waals surface area contributed by atoms with Gasteiger partial charge < -0.3 is 15.4 Å². The van der Waals surface area contributed by atoms with Gasteiger partial charge in [0.05, 0.1) is 23.2 Å². The lowest BCUT2D eigenvalue weighted by atomic mass is 10.2. The molecule has 8 heteroatoms. The molecule has 0 unspecified atom stereocenters. The van der Waals surface area contributed by atoms with Gasteiger partial charge in [-0.15, -0.1) is 11.3 Å². The van der Waals surface area contributed by atoms with Gasteiger partial charge in [-0.3, -0.25) is 4.68 Å². The number of thiophene rings is 1. The van der Waals surface area contributed by atoms with Crippen molar-refractivity contribution in [3.8, 4) is 0 Å². The maximum Gasteiger partial charge on any atom is 0.315 e. The quantitative estimate of drug-likeness (QED) is 0.750. The van der Waals surface area contributed by atoms with Crippen molar-refractivity contribution in [2.24, 2.45) is 0 Å². The number of hydrogen-bond acceptors (Lipinski definition) is 4. The third-order valence-corrected chi connectivity index (χ3v) is 5.04. The van der Waals surface area contributed by atoms with E-state index in [4.69, 9.17) is 16.3 Å². The van der Waals surface area contributed by atoms with Crippen LogP contribution in [0.5, 0.6) is 0 Å². The third kappa shape index (κ3) is 5.22. The Balaban J connectivity index is 1.78. The minimum absolute atomic E-state index is 0.180. The summed E-state index contributed by atoms with van der Waals surface area (Å²) in [6.45, 7) is 6.31. The number of ether oxygens (including phenoxy) is 1. The summed E-state index contributed by atoms with van der Waals surface area (Å²) in [5.41, 5.74) is 3.03. The van der Waals surface area contributed by atoms with Crippen LogP contribution in [0.2, 0.25) is 4.34 Å². The lowest BCUT2D eigenvalue weighted by Crippen LogP contribution is -2.36. The van der Waals surface area contributed by atoms with E-state index in [0.29, 0.717) is 26.2 Å². The minimum Gasteiger partial charge on any atom is -0.383 e. The van der Waals surface area contributed by atoms with Crippen molar-refractivity contribution in [1.29, 1.82) is 0 Å². The SMILES string of the molecule is COCCn1nc(C)c(CNC(=O)NCCc2ccc(Cl)s2)c1C. The van der Waals surface area contributed by atoms with Crippen LogP contribution < -0.4 is 10.6 Å². The zero-order valence-corrected chi connectivity index (χ0v) is 15.8. The number of halogens is 1. The molecule has 2 heterocycles. The molecule has 2 aromatic rings. The van der Waals surface area contributed by atoms with Crippen molar-refractivity contribution < 1.29 is 9.53 Å². The highest BCUT2D eigenvalue weighted by atomic mass is 35.5. The Morgan fingerprint density at radius 2 is 2.17 bits per heavy atom. The Bertz CT molecular complexity index is 684. The summed E-state index contributed by atoms with van der Waals surface area (Å²) >= 11 is 7.42. The van der Waals surface area contributed by atoms with Crippen molar-refractivity contribution in [1.82, 2.24) is 20.4 Å². The van der Waals surface area contributed by atoms with Gasteiger partial charge in [0.1, 0.15) is 0 Å². The molecule has 0 spiro atoms. The summed E-state index contributed by atoms with van der Waals surface area (Å²) in [5.74, 6) is 0. The zero-order chi connectivity index (χ0) is 17.5. The number of amides is 2. The van der Waals surface area contributed by atoms with Crippen LogP contribution in [0.15, 0.2) is 12.1 Å². The van der Waals surface area contributed by atoms with Crippen LogP contribution in [-0.4, -0.2) is 36.1 Å². The zero-order valence-electron chi connectivity index (χ0n) is 14.2. The second-order valence-corrected chi connectivity index (χ2v) is 7.23. The number of urea groups is 1. The molecule has 0 saturated heterocycles. The molecule has 0 saturated carbocycles. The van der Waals surface area contributed by atoms with E-state index in [-0.39, 0.29) is 6.03 Å². The van der Waals surface area contributed by atoms with Crippen LogP contribution in [-0.2, 0) is 24.2 Å². The van der Waals surface area contributed by atoms with Gasteiger partial charge in [-0.05, 0) is 32.4 Å². The highest BCUT2D eigenvalue weighted by Crippen LogP contribution is 2.21. The first kappa shape index (κ1) is 18.8. The van der Waals surface area contributed by atoms with Gasteiger partial charge in [0.2, 0.25) is 0 Å². The van der Waals surface area contributed by atoms with Gasteiger partial charge in [0.15, 0.2) is 0 Å². The smallest absolute Gasteiger partial charge is 0.315 e. The van der Waals surface area contributed by atoms with E-state index >= 15 is 0 Å². The molecule has 0 bridgehead atoms. The number of methoxy groups -OCH3 is 1. The Hall–Kier alpha value is -1.57. The molecule has 2 amide bonds. The molecule has 0 radical (unpaired) electrons. The van der Waals surface area contributed by atoms with E-state index in [9.17, 15) is 4.79 Å². The lowest BCUT2D eigenvalue weighted by molar-refractivity contribution is 0.182. The van der Waals surface area contributed by atoms with E-state index in [0.717, 1.165) is 32.6 Å². The van der Waals surface area contributed by atoms with Crippen molar-refractivity contribution in [2.75, 3.05) is 20.3 Å². The van der Waals surface area contributed by atoms with Gasteiger partial charge in [-0.2, -0.15) is 5.10 Å². The number of aromatic nitrogens is 2. The summed E-state index contributed by atoms with van der Waals surface area (Å²) in [7, 11) is 1.67. The molecule has 0 fully saturated rings. The normalized spacial score (nSPS) is 10.8. The molecular formula is C16H23ClN4O2S. The highest BCUT2D eigenvalue weighted by molar-refractivity contribution is 7.16.